The summed E-state index contributed by atoms with van der Waals surface area (Å²) < 4.78 is 0. The van der Waals surface area contributed by atoms with E-state index in [1.54, 1.807) is 5.57 Å². The van der Waals surface area contributed by atoms with Gasteiger partial charge in [-0.2, -0.15) is 0 Å². The average Bonchev–Trinajstić information content (AvgIpc) is 2.81. The summed E-state index contributed by atoms with van der Waals surface area (Å²) in [5, 5.41) is 0. The van der Waals surface area contributed by atoms with Gasteiger partial charge in [0, 0.05) is 6.04 Å². The summed E-state index contributed by atoms with van der Waals surface area (Å²) in [6.45, 7) is 0. The Kier molecular flexibility index (Phi) is 4.21. The molecule has 0 saturated heterocycles. The number of nitrogens with one attached hydrogen (secondary N) is 1. The van der Waals surface area contributed by atoms with E-state index in [1.165, 1.54) is 57.8 Å². The zero-order chi connectivity index (χ0) is 10.5. The molecule has 3 N–H and O–H groups in total. The van der Waals surface area contributed by atoms with Gasteiger partial charge in [-0.3, -0.25) is 11.3 Å². The highest BCUT2D eigenvalue weighted by Crippen LogP contribution is 2.31. The number of hydrogen-bond acceptors (Lipinski definition) is 2. The molecule has 2 heteroatoms. The highest BCUT2D eigenvalue weighted by Gasteiger charge is 2.24. The van der Waals surface area contributed by atoms with Crippen molar-refractivity contribution in [2.24, 2.45) is 11.8 Å². The first-order valence-corrected chi connectivity index (χ1v) is 6.54. The summed E-state index contributed by atoms with van der Waals surface area (Å²) in [7, 11) is 0. The van der Waals surface area contributed by atoms with Crippen LogP contribution >= 0.6 is 0 Å². The number of allylic oxidation sites excluding steroid dienone is 1. The minimum Gasteiger partial charge on any atom is -0.271 e. The van der Waals surface area contributed by atoms with E-state index in [9.17, 15) is 0 Å². The SMILES string of the molecule is NNC(CC1=CCCCC1)C1CCCC1. The van der Waals surface area contributed by atoms with E-state index in [4.69, 9.17) is 5.84 Å². The number of rotatable bonds is 4. The van der Waals surface area contributed by atoms with Gasteiger partial charge in [-0.1, -0.05) is 24.5 Å². The van der Waals surface area contributed by atoms with Crippen molar-refractivity contribution in [3.05, 3.63) is 11.6 Å². The Morgan fingerprint density at radius 1 is 1.27 bits per heavy atom. The van der Waals surface area contributed by atoms with Gasteiger partial charge in [-0.15, -0.1) is 0 Å². The molecule has 0 amide bonds. The molecule has 15 heavy (non-hydrogen) atoms. The minimum absolute atomic E-state index is 0.539. The zero-order valence-electron chi connectivity index (χ0n) is 9.67. The Hall–Kier alpha value is -0.340. The Morgan fingerprint density at radius 3 is 2.67 bits per heavy atom. The quantitative estimate of drug-likeness (QED) is 0.423. The number of hydrazine groups is 1. The Labute approximate surface area is 93.3 Å². The van der Waals surface area contributed by atoms with Gasteiger partial charge < -0.3 is 0 Å². The molecule has 86 valence electrons. The van der Waals surface area contributed by atoms with Crippen LogP contribution in [0.5, 0.6) is 0 Å². The summed E-state index contributed by atoms with van der Waals surface area (Å²) in [5.74, 6) is 6.52. The number of nitrogens with two attached hydrogens (primary N) is 1. The highest BCUT2D eigenvalue weighted by atomic mass is 15.2. The maximum absolute atomic E-state index is 5.69. The fourth-order valence-electron chi connectivity index (χ4n) is 3.09. The van der Waals surface area contributed by atoms with Gasteiger partial charge in [0.2, 0.25) is 0 Å². The standard InChI is InChI=1S/C13H24N2/c14-15-13(12-8-4-5-9-12)10-11-6-2-1-3-7-11/h6,12-13,15H,1-5,7-10,14H2. The maximum atomic E-state index is 5.69. The van der Waals surface area contributed by atoms with Gasteiger partial charge in [0.15, 0.2) is 0 Å². The lowest BCUT2D eigenvalue weighted by Gasteiger charge is -2.25. The third kappa shape index (κ3) is 3.05. The maximum Gasteiger partial charge on any atom is 0.0275 e. The normalized spacial score (nSPS) is 25.3. The topological polar surface area (TPSA) is 38.0 Å². The Bertz CT molecular complexity index is 217. The molecule has 2 aliphatic rings. The molecule has 2 aliphatic carbocycles. The van der Waals surface area contributed by atoms with Gasteiger partial charge >= 0.3 is 0 Å². The van der Waals surface area contributed by atoms with Crippen LogP contribution in [0, 0.1) is 5.92 Å². The molecule has 0 aromatic rings. The molecule has 1 saturated carbocycles. The second-order valence-corrected chi connectivity index (χ2v) is 5.13. The van der Waals surface area contributed by atoms with Gasteiger partial charge in [-0.05, 0) is 50.9 Å². The summed E-state index contributed by atoms with van der Waals surface area (Å²) in [5.41, 5.74) is 4.70. The minimum atomic E-state index is 0.539. The lowest BCUT2D eigenvalue weighted by Crippen LogP contribution is -2.40. The molecule has 2 rings (SSSR count). The first-order valence-electron chi connectivity index (χ1n) is 6.54. The molecule has 0 aliphatic heterocycles. The second kappa shape index (κ2) is 5.66. The Morgan fingerprint density at radius 2 is 2.07 bits per heavy atom. The van der Waals surface area contributed by atoms with Crippen LogP contribution in [-0.2, 0) is 0 Å². The predicted octanol–water partition coefficient (Wildman–Crippen LogP) is 2.90. The highest BCUT2D eigenvalue weighted by molar-refractivity contribution is 5.07. The van der Waals surface area contributed by atoms with Gasteiger partial charge in [0.05, 0.1) is 0 Å². The smallest absolute Gasteiger partial charge is 0.0275 e. The van der Waals surface area contributed by atoms with E-state index in [1.807, 2.05) is 0 Å². The molecular formula is C13H24N2. The molecule has 2 nitrogen and oxygen atoms in total. The number of hydrogen-bond donors (Lipinski definition) is 2. The zero-order valence-corrected chi connectivity index (χ0v) is 9.67. The molecule has 0 heterocycles. The molecule has 1 fully saturated rings. The first-order chi connectivity index (χ1) is 7.40. The monoisotopic (exact) mass is 208 g/mol. The second-order valence-electron chi connectivity index (χ2n) is 5.13. The lowest BCUT2D eigenvalue weighted by atomic mass is 9.88. The molecule has 1 atom stereocenters. The molecule has 1 unspecified atom stereocenters. The summed E-state index contributed by atoms with van der Waals surface area (Å²) >= 11 is 0. The van der Waals surface area contributed by atoms with Gasteiger partial charge in [-0.25, -0.2) is 0 Å². The summed E-state index contributed by atoms with van der Waals surface area (Å²) in [6, 6.07) is 0.539. The van der Waals surface area contributed by atoms with Crippen LogP contribution in [0.4, 0.5) is 0 Å². The van der Waals surface area contributed by atoms with Crippen molar-refractivity contribution in [1.29, 1.82) is 0 Å². The van der Waals surface area contributed by atoms with E-state index >= 15 is 0 Å². The van der Waals surface area contributed by atoms with E-state index in [0.29, 0.717) is 6.04 Å². The van der Waals surface area contributed by atoms with Crippen LogP contribution in [-0.4, -0.2) is 6.04 Å². The van der Waals surface area contributed by atoms with Crippen molar-refractivity contribution in [1.82, 2.24) is 5.43 Å². The first kappa shape index (κ1) is 11.2. The van der Waals surface area contributed by atoms with Crippen molar-refractivity contribution in [2.75, 3.05) is 0 Å². The third-order valence-electron chi connectivity index (χ3n) is 4.05. The van der Waals surface area contributed by atoms with Crippen molar-refractivity contribution < 1.29 is 0 Å². The van der Waals surface area contributed by atoms with Gasteiger partial charge in [0.1, 0.15) is 0 Å². The average molecular weight is 208 g/mol. The van der Waals surface area contributed by atoms with Crippen molar-refractivity contribution >= 4 is 0 Å². The van der Waals surface area contributed by atoms with E-state index in [0.717, 1.165) is 5.92 Å². The van der Waals surface area contributed by atoms with E-state index < -0.39 is 0 Å². The van der Waals surface area contributed by atoms with Crippen LogP contribution in [0.3, 0.4) is 0 Å². The van der Waals surface area contributed by atoms with E-state index in [2.05, 4.69) is 11.5 Å². The van der Waals surface area contributed by atoms with Crippen LogP contribution in [0.2, 0.25) is 0 Å². The molecule has 0 aromatic carbocycles. The summed E-state index contributed by atoms with van der Waals surface area (Å²) in [4.78, 5) is 0. The molecular weight excluding hydrogens is 184 g/mol. The van der Waals surface area contributed by atoms with E-state index in [-0.39, 0.29) is 0 Å². The van der Waals surface area contributed by atoms with Gasteiger partial charge in [0.25, 0.3) is 0 Å². The molecule has 0 spiro atoms. The molecule has 0 aromatic heterocycles. The lowest BCUT2D eigenvalue weighted by molar-refractivity contribution is 0.356. The molecule has 0 bridgehead atoms. The largest absolute Gasteiger partial charge is 0.271 e. The Balaban J connectivity index is 1.86. The van der Waals surface area contributed by atoms with Crippen molar-refractivity contribution in [2.45, 2.75) is 63.8 Å². The fraction of sp³-hybridized carbons (Fsp3) is 0.846. The third-order valence-corrected chi connectivity index (χ3v) is 4.05. The van der Waals surface area contributed by atoms with Crippen LogP contribution in [0.1, 0.15) is 57.8 Å². The van der Waals surface area contributed by atoms with Crippen molar-refractivity contribution in [3.63, 3.8) is 0 Å². The predicted molar refractivity (Wildman–Crippen MR) is 64.2 cm³/mol. The summed E-state index contributed by atoms with van der Waals surface area (Å²) in [6.07, 6.45) is 14.6. The van der Waals surface area contributed by atoms with Crippen LogP contribution < -0.4 is 11.3 Å². The van der Waals surface area contributed by atoms with Crippen LogP contribution in [0.25, 0.3) is 0 Å². The fourth-order valence-corrected chi connectivity index (χ4v) is 3.09. The van der Waals surface area contributed by atoms with Crippen molar-refractivity contribution in [3.8, 4) is 0 Å². The molecule has 0 radical (unpaired) electrons. The van der Waals surface area contributed by atoms with Crippen LogP contribution in [0.15, 0.2) is 11.6 Å².